The van der Waals surface area contributed by atoms with Gasteiger partial charge in [-0.3, -0.25) is 4.79 Å². The first kappa shape index (κ1) is 20.1. The molecule has 3 rings (SSSR count). The molecule has 1 aliphatic rings. The number of hydrogen-bond acceptors (Lipinski definition) is 4. The number of carbonyl (C=O) groups excluding carboxylic acids is 1. The molecular formula is C21H27NO3S2. The number of amides is 1. The maximum absolute atomic E-state index is 12.6. The maximum Gasteiger partial charge on any atom is 0.235 e. The molecule has 0 aliphatic heterocycles. The minimum absolute atomic E-state index is 0.322. The van der Waals surface area contributed by atoms with Gasteiger partial charge in [0.15, 0.2) is 9.84 Å². The van der Waals surface area contributed by atoms with Crippen molar-refractivity contribution in [1.29, 1.82) is 0 Å². The van der Waals surface area contributed by atoms with E-state index in [1.165, 1.54) is 5.56 Å². The predicted octanol–water partition coefficient (Wildman–Crippen LogP) is 4.43. The van der Waals surface area contributed by atoms with Crippen molar-refractivity contribution in [2.45, 2.75) is 56.7 Å². The highest BCUT2D eigenvalue weighted by Gasteiger charge is 2.31. The summed E-state index contributed by atoms with van der Waals surface area (Å²) in [7, 11) is -3.38. The van der Waals surface area contributed by atoms with Gasteiger partial charge in [-0.25, -0.2) is 8.42 Å². The summed E-state index contributed by atoms with van der Waals surface area (Å²) in [5.74, 6) is -0.414. The van der Waals surface area contributed by atoms with Crippen LogP contribution in [-0.4, -0.2) is 25.3 Å². The molecule has 1 aromatic heterocycles. The summed E-state index contributed by atoms with van der Waals surface area (Å²) < 4.78 is 25.0. The Morgan fingerprint density at radius 1 is 1.11 bits per heavy atom. The molecule has 1 aromatic carbocycles. The van der Waals surface area contributed by atoms with E-state index in [1.807, 2.05) is 29.6 Å². The van der Waals surface area contributed by atoms with Gasteiger partial charge in [0, 0.05) is 4.88 Å². The van der Waals surface area contributed by atoms with Crippen molar-refractivity contribution in [1.82, 2.24) is 5.32 Å². The second-order valence-electron chi connectivity index (χ2n) is 7.55. The van der Waals surface area contributed by atoms with Crippen molar-refractivity contribution in [3.8, 4) is 0 Å². The highest BCUT2D eigenvalue weighted by atomic mass is 32.2. The lowest BCUT2D eigenvalue weighted by molar-refractivity contribution is -0.119. The molecular weight excluding hydrogens is 378 g/mol. The molecule has 6 heteroatoms. The van der Waals surface area contributed by atoms with Crippen LogP contribution in [0.5, 0.6) is 0 Å². The molecule has 1 fully saturated rings. The van der Waals surface area contributed by atoms with E-state index in [1.54, 1.807) is 11.3 Å². The van der Waals surface area contributed by atoms with E-state index in [4.69, 9.17) is 0 Å². The van der Waals surface area contributed by atoms with Crippen LogP contribution in [-0.2, 0) is 14.6 Å². The fourth-order valence-electron chi connectivity index (χ4n) is 3.60. The van der Waals surface area contributed by atoms with Gasteiger partial charge >= 0.3 is 0 Å². The lowest BCUT2D eigenvalue weighted by atomic mass is 9.98. The minimum Gasteiger partial charge on any atom is -0.343 e. The van der Waals surface area contributed by atoms with Gasteiger partial charge in [-0.1, -0.05) is 57.0 Å². The first-order chi connectivity index (χ1) is 12.9. The quantitative estimate of drug-likeness (QED) is 0.741. The number of rotatable bonds is 7. The molecule has 0 radical (unpaired) electrons. The highest BCUT2D eigenvalue weighted by Crippen LogP contribution is 2.28. The average molecular weight is 406 g/mol. The molecule has 1 atom stereocenters. The van der Waals surface area contributed by atoms with E-state index < -0.39 is 21.5 Å². The Morgan fingerprint density at radius 3 is 2.30 bits per heavy atom. The van der Waals surface area contributed by atoms with E-state index in [0.717, 1.165) is 23.3 Å². The summed E-state index contributed by atoms with van der Waals surface area (Å²) in [6.45, 7) is 4.28. The molecule has 1 saturated carbocycles. The third-order valence-corrected chi connectivity index (χ3v) is 8.30. The smallest absolute Gasteiger partial charge is 0.235 e. The molecule has 1 unspecified atom stereocenters. The molecule has 2 aromatic rings. The molecule has 27 heavy (non-hydrogen) atoms. The molecule has 0 saturated heterocycles. The molecule has 4 nitrogen and oxygen atoms in total. The van der Waals surface area contributed by atoms with Gasteiger partial charge in [0.25, 0.3) is 0 Å². The molecule has 1 aliphatic carbocycles. The first-order valence-electron chi connectivity index (χ1n) is 9.51. The fraction of sp³-hybridized carbons (Fsp3) is 0.476. The van der Waals surface area contributed by atoms with Crippen molar-refractivity contribution >= 4 is 27.1 Å². The van der Waals surface area contributed by atoms with Gasteiger partial charge < -0.3 is 5.32 Å². The highest BCUT2D eigenvalue weighted by molar-refractivity contribution is 7.92. The van der Waals surface area contributed by atoms with Gasteiger partial charge in [0.1, 0.15) is 5.75 Å². The van der Waals surface area contributed by atoms with Crippen LogP contribution < -0.4 is 5.32 Å². The third kappa shape index (κ3) is 4.99. The summed E-state index contributed by atoms with van der Waals surface area (Å²) in [6, 6.07) is 11.8. The van der Waals surface area contributed by atoms with E-state index in [9.17, 15) is 13.2 Å². The summed E-state index contributed by atoms with van der Waals surface area (Å²) in [5.41, 5.74) is 2.20. The number of nitrogens with one attached hydrogen (secondary N) is 1. The lowest BCUT2D eigenvalue weighted by Gasteiger charge is -2.20. The van der Waals surface area contributed by atoms with Crippen LogP contribution in [0.25, 0.3) is 0 Å². The second-order valence-corrected chi connectivity index (χ2v) is 10.8. The molecule has 1 N–H and O–H groups in total. The Hall–Kier alpha value is -1.66. The standard InChI is InChI=1S/C21H27NO3S2/c1-15(2)16-9-11-17(12-10-16)21(19-8-5-13-26-19)22-20(23)14-27(24,25)18-6-3-4-7-18/h5,8-13,15,18,21H,3-4,6-7,14H2,1-2H3,(H,22,23). The lowest BCUT2D eigenvalue weighted by Crippen LogP contribution is -2.36. The molecule has 1 heterocycles. The normalized spacial score (nSPS) is 16.6. The van der Waals surface area contributed by atoms with Crippen molar-refractivity contribution in [2.75, 3.05) is 5.75 Å². The van der Waals surface area contributed by atoms with Crippen molar-refractivity contribution < 1.29 is 13.2 Å². The van der Waals surface area contributed by atoms with Crippen molar-refractivity contribution in [3.63, 3.8) is 0 Å². The largest absolute Gasteiger partial charge is 0.343 e. The monoisotopic (exact) mass is 405 g/mol. The van der Waals surface area contributed by atoms with Gasteiger partial charge in [0.05, 0.1) is 11.3 Å². The van der Waals surface area contributed by atoms with E-state index in [0.29, 0.717) is 18.8 Å². The Morgan fingerprint density at radius 2 is 1.74 bits per heavy atom. The van der Waals surface area contributed by atoms with Crippen LogP contribution >= 0.6 is 11.3 Å². The van der Waals surface area contributed by atoms with Crippen molar-refractivity contribution in [2.24, 2.45) is 0 Å². The molecule has 0 spiro atoms. The summed E-state index contributed by atoms with van der Waals surface area (Å²) >= 11 is 1.56. The van der Waals surface area contributed by atoms with Gasteiger partial charge in [-0.05, 0) is 41.3 Å². The maximum atomic E-state index is 12.6. The average Bonchev–Trinajstić information content (AvgIpc) is 3.33. The van der Waals surface area contributed by atoms with Crippen LogP contribution in [0, 0.1) is 0 Å². The first-order valence-corrected chi connectivity index (χ1v) is 12.1. The second kappa shape index (κ2) is 8.57. The van der Waals surface area contributed by atoms with E-state index in [2.05, 4.69) is 31.3 Å². The summed E-state index contributed by atoms with van der Waals surface area (Å²) in [6.07, 6.45) is 3.23. The topological polar surface area (TPSA) is 63.2 Å². The van der Waals surface area contributed by atoms with Gasteiger partial charge in [0.2, 0.25) is 5.91 Å². The minimum atomic E-state index is -3.38. The van der Waals surface area contributed by atoms with Crippen LogP contribution in [0.3, 0.4) is 0 Å². The molecule has 146 valence electrons. The van der Waals surface area contributed by atoms with Gasteiger partial charge in [-0.2, -0.15) is 0 Å². The zero-order valence-electron chi connectivity index (χ0n) is 15.9. The van der Waals surface area contributed by atoms with E-state index in [-0.39, 0.29) is 11.3 Å². The fourth-order valence-corrected chi connectivity index (χ4v) is 6.14. The van der Waals surface area contributed by atoms with Gasteiger partial charge in [-0.15, -0.1) is 11.3 Å². The Bertz CT molecular complexity index is 849. The number of sulfone groups is 1. The Labute approximate surface area is 165 Å². The predicted molar refractivity (Wildman–Crippen MR) is 111 cm³/mol. The molecule has 0 bridgehead atoms. The van der Waals surface area contributed by atoms with Crippen LogP contribution in [0.15, 0.2) is 41.8 Å². The SMILES string of the molecule is CC(C)c1ccc(C(NC(=O)CS(=O)(=O)C2CCCC2)c2cccs2)cc1. The summed E-state index contributed by atoms with van der Waals surface area (Å²) in [5, 5.41) is 4.57. The van der Waals surface area contributed by atoms with E-state index >= 15 is 0 Å². The van der Waals surface area contributed by atoms with Crippen LogP contribution in [0.4, 0.5) is 0 Å². The number of hydrogen-bond donors (Lipinski definition) is 1. The zero-order chi connectivity index (χ0) is 19.4. The number of thiophene rings is 1. The van der Waals surface area contributed by atoms with Crippen LogP contribution in [0.1, 0.15) is 67.5 Å². The zero-order valence-corrected chi connectivity index (χ0v) is 17.5. The Balaban J connectivity index is 1.77. The number of benzene rings is 1. The van der Waals surface area contributed by atoms with Crippen molar-refractivity contribution in [3.05, 3.63) is 57.8 Å². The van der Waals surface area contributed by atoms with Crippen LogP contribution in [0.2, 0.25) is 0 Å². The third-order valence-electron chi connectivity index (χ3n) is 5.21. The molecule has 1 amide bonds. The number of carbonyl (C=O) groups is 1. The summed E-state index contributed by atoms with van der Waals surface area (Å²) in [4.78, 5) is 13.6. The Kier molecular flexibility index (Phi) is 6.37.